The van der Waals surface area contributed by atoms with E-state index >= 15 is 0 Å². The van der Waals surface area contributed by atoms with Crippen molar-refractivity contribution in [3.63, 3.8) is 0 Å². The summed E-state index contributed by atoms with van der Waals surface area (Å²) in [5.41, 5.74) is -0.360. The first-order valence-electron chi connectivity index (χ1n) is 6.95. The van der Waals surface area contributed by atoms with Gasteiger partial charge in [-0.2, -0.15) is 8.78 Å². The summed E-state index contributed by atoms with van der Waals surface area (Å²) < 4.78 is 53.1. The van der Waals surface area contributed by atoms with Crippen LogP contribution in [0.5, 0.6) is 0 Å². The molecule has 1 N–H and O–H groups in total. The Morgan fingerprint density at radius 1 is 1.35 bits per heavy atom. The van der Waals surface area contributed by atoms with E-state index in [0.29, 0.717) is 18.8 Å². The summed E-state index contributed by atoms with van der Waals surface area (Å²) in [6.07, 6.45) is 0. The van der Waals surface area contributed by atoms with Crippen molar-refractivity contribution in [2.24, 2.45) is 11.3 Å². The Hall–Kier alpha value is -1.74. The number of hydrogen-bond acceptors (Lipinski definition) is 5. The Balaban J connectivity index is 1.84. The van der Waals surface area contributed by atoms with Crippen LogP contribution in [0.2, 0.25) is 0 Å². The van der Waals surface area contributed by atoms with Crippen molar-refractivity contribution in [2.45, 2.75) is 10.7 Å². The molecule has 0 saturated carbocycles. The fraction of sp³-hybridized carbons (Fsp3) is 0.500. The van der Waals surface area contributed by atoms with E-state index in [2.05, 4.69) is 0 Å². The van der Waals surface area contributed by atoms with E-state index in [0.717, 1.165) is 12.1 Å². The minimum Gasteiger partial charge on any atom is -0.481 e. The van der Waals surface area contributed by atoms with Gasteiger partial charge >= 0.3 is 11.7 Å². The number of halogens is 2. The molecule has 2 fully saturated rings. The number of carbonyl (C=O) groups is 1. The lowest BCUT2D eigenvalue weighted by Gasteiger charge is -2.23. The largest absolute Gasteiger partial charge is 0.481 e. The lowest BCUT2D eigenvalue weighted by molar-refractivity contribution is -0.149. The van der Waals surface area contributed by atoms with Gasteiger partial charge in [-0.15, -0.1) is 0 Å². The van der Waals surface area contributed by atoms with Crippen molar-refractivity contribution in [3.05, 3.63) is 24.3 Å². The zero-order valence-corrected chi connectivity index (χ0v) is 12.8. The van der Waals surface area contributed by atoms with Crippen LogP contribution in [0.1, 0.15) is 0 Å². The predicted molar refractivity (Wildman–Crippen MR) is 76.2 cm³/mol. The number of hydrogen-bond donors (Lipinski definition) is 1. The predicted octanol–water partition coefficient (Wildman–Crippen LogP) is 1.22. The Kier molecular flexibility index (Phi) is 3.80. The number of carboxylic acids is 1. The minimum atomic E-state index is -4.62. The van der Waals surface area contributed by atoms with E-state index in [1.54, 1.807) is 0 Å². The van der Waals surface area contributed by atoms with Crippen molar-refractivity contribution in [2.75, 3.05) is 31.2 Å². The average molecular weight is 347 g/mol. The molecule has 0 spiro atoms. The van der Waals surface area contributed by atoms with Gasteiger partial charge in [0, 0.05) is 24.7 Å². The van der Waals surface area contributed by atoms with Crippen molar-refractivity contribution >= 4 is 21.5 Å². The second-order valence-electron chi connectivity index (χ2n) is 5.85. The Morgan fingerprint density at radius 2 is 2.00 bits per heavy atom. The molecule has 0 unspecified atom stereocenters. The molecule has 2 atom stereocenters. The van der Waals surface area contributed by atoms with Gasteiger partial charge in [0.1, 0.15) is 5.41 Å². The summed E-state index contributed by atoms with van der Waals surface area (Å²) in [5.74, 6) is -4.53. The zero-order chi connectivity index (χ0) is 16.8. The first kappa shape index (κ1) is 16.1. The molecule has 2 heterocycles. The monoisotopic (exact) mass is 347 g/mol. The Bertz CT molecular complexity index is 721. The summed E-state index contributed by atoms with van der Waals surface area (Å²) >= 11 is 0. The van der Waals surface area contributed by atoms with E-state index in [-0.39, 0.29) is 19.1 Å². The molecule has 0 amide bonds. The number of aliphatic carboxylic acids is 1. The Labute approximate surface area is 131 Å². The second-order valence-corrected chi connectivity index (χ2v) is 7.77. The van der Waals surface area contributed by atoms with Gasteiger partial charge in [0.05, 0.1) is 18.1 Å². The van der Waals surface area contributed by atoms with Gasteiger partial charge in [-0.3, -0.25) is 4.79 Å². The maximum Gasteiger partial charge on any atom is 0.341 e. The smallest absolute Gasteiger partial charge is 0.341 e. The molecule has 2 aliphatic rings. The normalized spacial score (nSPS) is 27.4. The molecule has 1 aromatic rings. The van der Waals surface area contributed by atoms with Crippen LogP contribution < -0.4 is 4.90 Å². The highest BCUT2D eigenvalue weighted by atomic mass is 32.2. The molecule has 6 nitrogen and oxygen atoms in total. The molecular formula is C14H15F2NO5S. The number of anilines is 1. The molecule has 23 heavy (non-hydrogen) atoms. The van der Waals surface area contributed by atoms with Crippen LogP contribution in [-0.4, -0.2) is 51.6 Å². The van der Waals surface area contributed by atoms with Gasteiger partial charge in [0.15, 0.2) is 0 Å². The third-order valence-electron chi connectivity index (χ3n) is 4.56. The molecule has 2 aliphatic heterocycles. The van der Waals surface area contributed by atoms with Crippen molar-refractivity contribution in [3.8, 4) is 0 Å². The van der Waals surface area contributed by atoms with Crippen LogP contribution in [0.4, 0.5) is 14.5 Å². The summed E-state index contributed by atoms with van der Waals surface area (Å²) in [7, 11) is -4.62. The SMILES string of the molecule is O=C(O)[C@]12COC[C@H]1CN(c1ccc(S(=O)(=O)C(F)F)cc1)C2. The first-order chi connectivity index (χ1) is 10.8. The summed E-state index contributed by atoms with van der Waals surface area (Å²) in [6.45, 7) is 1.21. The van der Waals surface area contributed by atoms with Crippen LogP contribution in [-0.2, 0) is 19.4 Å². The number of nitrogens with zero attached hydrogens (tertiary/aromatic N) is 1. The maximum atomic E-state index is 12.5. The third-order valence-corrected chi connectivity index (χ3v) is 5.96. The van der Waals surface area contributed by atoms with Gasteiger partial charge in [0.25, 0.3) is 0 Å². The van der Waals surface area contributed by atoms with Gasteiger partial charge < -0.3 is 14.7 Å². The maximum absolute atomic E-state index is 12.5. The summed E-state index contributed by atoms with van der Waals surface area (Å²) in [4.78, 5) is 12.9. The number of sulfone groups is 1. The molecule has 9 heteroatoms. The van der Waals surface area contributed by atoms with Gasteiger partial charge in [-0.1, -0.05) is 0 Å². The number of benzene rings is 1. The lowest BCUT2D eigenvalue weighted by atomic mass is 9.81. The van der Waals surface area contributed by atoms with E-state index in [1.165, 1.54) is 12.1 Å². The molecule has 1 aromatic carbocycles. The van der Waals surface area contributed by atoms with Crippen LogP contribution >= 0.6 is 0 Å². The molecule has 0 aliphatic carbocycles. The fourth-order valence-electron chi connectivity index (χ4n) is 3.18. The number of ether oxygens (including phenoxy) is 1. The molecule has 2 saturated heterocycles. The number of fused-ring (bicyclic) bond motifs is 1. The molecule has 0 radical (unpaired) electrons. The molecule has 126 valence electrons. The van der Waals surface area contributed by atoms with Crippen molar-refractivity contribution in [1.29, 1.82) is 0 Å². The van der Waals surface area contributed by atoms with Gasteiger partial charge in [0.2, 0.25) is 9.84 Å². The third kappa shape index (κ3) is 2.47. The minimum absolute atomic E-state index is 0.140. The highest BCUT2D eigenvalue weighted by molar-refractivity contribution is 7.91. The molecule has 0 bridgehead atoms. The topological polar surface area (TPSA) is 83.9 Å². The van der Waals surface area contributed by atoms with E-state index in [9.17, 15) is 27.1 Å². The van der Waals surface area contributed by atoms with Gasteiger partial charge in [-0.05, 0) is 24.3 Å². The molecule has 3 rings (SSSR count). The molecular weight excluding hydrogens is 332 g/mol. The van der Waals surface area contributed by atoms with Gasteiger partial charge in [-0.25, -0.2) is 8.42 Å². The number of rotatable bonds is 4. The lowest BCUT2D eigenvalue weighted by Crippen LogP contribution is -2.39. The highest BCUT2D eigenvalue weighted by Crippen LogP contribution is 2.43. The molecule has 0 aromatic heterocycles. The van der Waals surface area contributed by atoms with Crippen LogP contribution in [0.3, 0.4) is 0 Å². The number of alkyl halides is 2. The average Bonchev–Trinajstić information content (AvgIpc) is 3.05. The van der Waals surface area contributed by atoms with Crippen LogP contribution in [0, 0.1) is 11.3 Å². The van der Waals surface area contributed by atoms with Crippen LogP contribution in [0.25, 0.3) is 0 Å². The van der Waals surface area contributed by atoms with E-state index in [4.69, 9.17) is 4.74 Å². The van der Waals surface area contributed by atoms with Crippen molar-refractivity contribution < 1.29 is 31.8 Å². The number of carboxylic acid groups (broad SMARTS) is 1. The summed E-state index contributed by atoms with van der Waals surface area (Å²) in [6, 6.07) is 5.09. The zero-order valence-electron chi connectivity index (χ0n) is 12.0. The Morgan fingerprint density at radius 3 is 2.52 bits per heavy atom. The van der Waals surface area contributed by atoms with E-state index in [1.807, 2.05) is 4.90 Å². The first-order valence-corrected chi connectivity index (χ1v) is 8.50. The fourth-order valence-corrected chi connectivity index (χ4v) is 3.91. The highest BCUT2D eigenvalue weighted by Gasteiger charge is 2.56. The quantitative estimate of drug-likeness (QED) is 0.882. The standard InChI is InChI=1S/C14H15F2NO5S/c15-13(16)23(20,21)11-3-1-10(2-4-11)17-5-9-6-22-8-14(9,7-17)12(18)19/h1-4,9,13H,5-8H2,(H,18,19)/t9-,14-/m1/s1. The van der Waals surface area contributed by atoms with Crippen molar-refractivity contribution in [1.82, 2.24) is 0 Å². The summed E-state index contributed by atoms with van der Waals surface area (Å²) in [5, 5.41) is 9.48. The second kappa shape index (κ2) is 5.41. The van der Waals surface area contributed by atoms with E-state index < -0.39 is 31.9 Å². The van der Waals surface area contributed by atoms with Crippen LogP contribution in [0.15, 0.2) is 29.2 Å².